The molecule has 0 aliphatic heterocycles. The molecule has 12 heteroatoms. The van der Waals surface area contributed by atoms with E-state index in [-0.39, 0.29) is 139 Å². The van der Waals surface area contributed by atoms with Crippen molar-refractivity contribution >= 4 is 35.8 Å². The van der Waals surface area contributed by atoms with Crippen molar-refractivity contribution in [2.24, 2.45) is 141 Å². The molecule has 0 radical (unpaired) electrons. The Bertz CT molecular complexity index is 2530. The molecule has 20 unspecified atom stereocenters. The van der Waals surface area contributed by atoms with Gasteiger partial charge in [-0.05, 0) is 336 Å². The SMILES string of the molecule is C.C.C.C.C.C.CCC(C)(C)C(=O)OC1CC2CC(C(=O)OC3(C)C4CC5CC(C4)CC3C5)C1C2.CCC(C)(C)C(=O)OC1CC2CC1C1C3CC(CC3C(=O)OC3(C)CCCCC3)C21.CCC(C)(C)C(=O)OC1CC2CC1C1C3CC(CC3C(=O)OC3(C)CCCCC3)C21. The third-order valence-electron chi connectivity index (χ3n) is 29.9. The fraction of sp³-hybridized carbons (Fsp3) is 0.928. The molecular weight excluding hydrogens is 1190 g/mol. The van der Waals surface area contributed by atoms with Crippen LogP contribution in [-0.2, 0) is 57.2 Å². The molecule has 16 fully saturated rings. The molecule has 0 amide bonds. The zero-order valence-electron chi connectivity index (χ0n) is 57.3. The van der Waals surface area contributed by atoms with Gasteiger partial charge in [-0.2, -0.15) is 0 Å². The summed E-state index contributed by atoms with van der Waals surface area (Å²) >= 11 is 0. The Morgan fingerprint density at radius 1 is 0.337 bits per heavy atom. The molecule has 16 aliphatic rings. The molecule has 0 aromatic heterocycles. The number of rotatable bonds is 15. The lowest BCUT2D eigenvalue weighted by Gasteiger charge is -2.59. The minimum atomic E-state index is -0.453. The van der Waals surface area contributed by atoms with E-state index in [9.17, 15) is 28.8 Å². The molecule has 20 atom stereocenters. The van der Waals surface area contributed by atoms with Crippen molar-refractivity contribution in [3.05, 3.63) is 0 Å². The van der Waals surface area contributed by atoms with Crippen LogP contribution in [0.1, 0.15) is 314 Å². The van der Waals surface area contributed by atoms with Crippen LogP contribution < -0.4 is 0 Å². The fourth-order valence-electron chi connectivity index (χ4n) is 23.9. The first-order valence-corrected chi connectivity index (χ1v) is 37.5. The van der Waals surface area contributed by atoms with Gasteiger partial charge < -0.3 is 28.4 Å². The van der Waals surface area contributed by atoms with Crippen LogP contribution in [0.25, 0.3) is 0 Å². The van der Waals surface area contributed by atoms with E-state index < -0.39 is 16.2 Å². The van der Waals surface area contributed by atoms with Gasteiger partial charge in [0.05, 0.1) is 34.0 Å². The van der Waals surface area contributed by atoms with Crippen LogP contribution >= 0.6 is 0 Å². The van der Waals surface area contributed by atoms with Crippen LogP contribution in [0.4, 0.5) is 0 Å². The summed E-state index contributed by atoms with van der Waals surface area (Å²) in [5.41, 5.74) is -2.01. The standard InChI is InChI=1S/2C26H40O4.C25H38O4.6CH4/c2*1-5-25(2,3)24(28)29-20-14-16-13-19(20)22-17-11-15(21(16)22)12-18(17)23(27)30-26(4)9-7-6-8-10-26;1-5-24(2,3)23(27)28-21-13-16-11-19(21)20(12-16)22(26)29-25(4)17-7-14-6-15(9-17)10-18(25)8-14;;;;;;/h2*15-22H,5-14H2,1-4H3;14-21H,5-13H2,1-4H3;6*1H4. The Kier molecular flexibility index (Phi) is 24.5. The van der Waals surface area contributed by atoms with Crippen LogP contribution in [0.15, 0.2) is 0 Å². The highest BCUT2D eigenvalue weighted by Gasteiger charge is 2.69. The van der Waals surface area contributed by atoms with Crippen LogP contribution in [-0.4, -0.2) is 70.9 Å². The number of carbonyl (C=O) groups is 6. The van der Waals surface area contributed by atoms with Crippen molar-refractivity contribution in [1.29, 1.82) is 0 Å². The summed E-state index contributed by atoms with van der Waals surface area (Å²) in [7, 11) is 0. The number of hydrogen-bond acceptors (Lipinski definition) is 12. The molecule has 0 saturated heterocycles. The Balaban J connectivity index is 0.000000195. The van der Waals surface area contributed by atoms with E-state index in [0.29, 0.717) is 76.9 Å². The zero-order chi connectivity index (χ0) is 63.1. The summed E-state index contributed by atoms with van der Waals surface area (Å²) in [6.07, 6.45) is 31.9. The molecule has 0 N–H and O–H groups in total. The minimum absolute atomic E-state index is 0. The third-order valence-corrected chi connectivity index (χ3v) is 29.9. The Hall–Kier alpha value is -3.18. The predicted octanol–water partition coefficient (Wildman–Crippen LogP) is 20.0. The van der Waals surface area contributed by atoms with Crippen molar-refractivity contribution < 1.29 is 57.2 Å². The molecule has 95 heavy (non-hydrogen) atoms. The molecule has 0 spiro atoms. The third kappa shape index (κ3) is 14.4. The van der Waals surface area contributed by atoms with Crippen LogP contribution in [0.2, 0.25) is 0 Å². The summed E-state index contributed by atoms with van der Waals surface area (Å²) in [5.74, 6) is 10.9. The quantitative estimate of drug-likeness (QED) is 0.0869. The predicted molar refractivity (Wildman–Crippen MR) is 379 cm³/mol. The average Bonchev–Trinajstić information content (AvgIpc) is 1.58. The van der Waals surface area contributed by atoms with Gasteiger partial charge in [-0.1, -0.05) is 78.2 Å². The summed E-state index contributed by atoms with van der Waals surface area (Å²) in [5, 5.41) is 0. The second-order valence-corrected chi connectivity index (χ2v) is 36.3. The maximum absolute atomic E-state index is 13.4. The van der Waals surface area contributed by atoms with Gasteiger partial charge in [0, 0.05) is 5.92 Å². The molecule has 16 aliphatic carbocycles. The molecule has 0 aromatic rings. The number of fused-ring (bicyclic) bond motifs is 20. The van der Waals surface area contributed by atoms with E-state index in [1.165, 1.54) is 96.3 Å². The normalized spacial score (nSPS) is 41.9. The Morgan fingerprint density at radius 2 is 0.653 bits per heavy atom. The first kappa shape index (κ1) is 79.1. The van der Waals surface area contributed by atoms with Crippen LogP contribution in [0, 0.1) is 141 Å². The number of ether oxygens (including phenoxy) is 6. The maximum atomic E-state index is 13.4. The smallest absolute Gasteiger partial charge is 0.311 e. The molecule has 14 bridgehead atoms. The van der Waals surface area contributed by atoms with Gasteiger partial charge in [0.1, 0.15) is 35.1 Å². The Morgan fingerprint density at radius 3 is 1.01 bits per heavy atom. The van der Waals surface area contributed by atoms with Crippen LogP contribution in [0.3, 0.4) is 0 Å². The highest BCUT2D eigenvalue weighted by molar-refractivity contribution is 5.78. The van der Waals surface area contributed by atoms with Gasteiger partial charge in [-0.25, -0.2) is 0 Å². The number of carbonyl (C=O) groups excluding carboxylic acids is 6. The largest absolute Gasteiger partial charge is 0.462 e. The van der Waals surface area contributed by atoms with Gasteiger partial charge in [0.25, 0.3) is 0 Å². The minimum Gasteiger partial charge on any atom is -0.462 e. The average molecular weight is 1330 g/mol. The van der Waals surface area contributed by atoms with Gasteiger partial charge in [-0.3, -0.25) is 28.8 Å². The van der Waals surface area contributed by atoms with E-state index >= 15 is 0 Å². The molecule has 546 valence electrons. The monoisotopic (exact) mass is 1330 g/mol. The van der Waals surface area contributed by atoms with Crippen LogP contribution in [0.5, 0.6) is 0 Å². The molecule has 16 rings (SSSR count). The molecule has 16 saturated carbocycles. The summed E-state index contributed by atoms with van der Waals surface area (Å²) in [6.45, 7) is 24.5. The lowest BCUT2D eigenvalue weighted by Crippen LogP contribution is -2.58. The van der Waals surface area contributed by atoms with E-state index in [1.54, 1.807) is 0 Å². The van der Waals surface area contributed by atoms with E-state index in [4.69, 9.17) is 28.4 Å². The van der Waals surface area contributed by atoms with Gasteiger partial charge in [-0.15, -0.1) is 0 Å². The van der Waals surface area contributed by atoms with Crippen molar-refractivity contribution in [3.8, 4) is 0 Å². The van der Waals surface area contributed by atoms with E-state index in [2.05, 4.69) is 34.6 Å². The second-order valence-electron chi connectivity index (χ2n) is 36.3. The Labute approximate surface area is 579 Å². The molecule has 0 aromatic carbocycles. The maximum Gasteiger partial charge on any atom is 0.311 e. The van der Waals surface area contributed by atoms with E-state index in [0.717, 1.165) is 114 Å². The topological polar surface area (TPSA) is 158 Å². The molecular formula is C83H142O12. The van der Waals surface area contributed by atoms with Gasteiger partial charge >= 0.3 is 35.8 Å². The fourth-order valence-corrected chi connectivity index (χ4v) is 23.9. The van der Waals surface area contributed by atoms with Crippen molar-refractivity contribution in [3.63, 3.8) is 0 Å². The highest BCUT2D eigenvalue weighted by atomic mass is 16.6. The van der Waals surface area contributed by atoms with Gasteiger partial charge in [0.2, 0.25) is 0 Å². The summed E-state index contributed by atoms with van der Waals surface area (Å²) in [4.78, 5) is 77.8. The van der Waals surface area contributed by atoms with Crippen molar-refractivity contribution in [2.45, 2.75) is 349 Å². The van der Waals surface area contributed by atoms with Crippen molar-refractivity contribution in [2.75, 3.05) is 0 Å². The highest BCUT2D eigenvalue weighted by Crippen LogP contribution is 2.71. The molecule has 0 heterocycles. The summed E-state index contributed by atoms with van der Waals surface area (Å²) in [6, 6.07) is 0. The van der Waals surface area contributed by atoms with Crippen molar-refractivity contribution in [1.82, 2.24) is 0 Å². The first-order chi connectivity index (χ1) is 42.1. The summed E-state index contributed by atoms with van der Waals surface area (Å²) < 4.78 is 36.9. The number of hydrogen-bond donors (Lipinski definition) is 0. The van der Waals surface area contributed by atoms with Gasteiger partial charge in [0.15, 0.2) is 0 Å². The first-order valence-electron chi connectivity index (χ1n) is 37.5. The zero-order valence-corrected chi connectivity index (χ0v) is 57.3. The lowest BCUT2D eigenvalue weighted by molar-refractivity contribution is -0.210. The second kappa shape index (κ2) is 29.4. The lowest BCUT2D eigenvalue weighted by atomic mass is 9.50. The van der Waals surface area contributed by atoms with E-state index in [1.807, 2.05) is 48.5 Å². The molecule has 12 nitrogen and oxygen atoms in total. The number of esters is 6.